The van der Waals surface area contributed by atoms with Crippen LogP contribution in [0.25, 0.3) is 11.3 Å². The largest absolute Gasteiger partial charge is 0.482 e. The summed E-state index contributed by atoms with van der Waals surface area (Å²) in [6, 6.07) is 22.2. The third kappa shape index (κ3) is 4.81. The average molecular weight is 483 g/mol. The van der Waals surface area contributed by atoms with Gasteiger partial charge in [-0.3, -0.25) is 4.79 Å². The molecule has 1 aliphatic rings. The molecule has 1 N–H and O–H groups in total. The summed E-state index contributed by atoms with van der Waals surface area (Å²) >= 11 is 1.53. The van der Waals surface area contributed by atoms with Gasteiger partial charge in [0.25, 0.3) is 5.91 Å². The Morgan fingerprint density at radius 1 is 1.06 bits per heavy atom. The van der Waals surface area contributed by atoms with E-state index in [0.29, 0.717) is 11.4 Å². The van der Waals surface area contributed by atoms with Gasteiger partial charge in [-0.05, 0) is 48.7 Å². The minimum atomic E-state index is -0.159. The first-order chi connectivity index (χ1) is 17.0. The number of rotatable bonds is 5. The SMILES string of the molecule is Cc1cccc(C)c1N=c1scc(-c2ccc3c(c2)NC(=O)CO3)n1N=CC(C)c1ccccc1. The van der Waals surface area contributed by atoms with E-state index in [2.05, 4.69) is 50.4 Å². The number of carbonyl (C=O) groups is 1. The highest BCUT2D eigenvalue weighted by Gasteiger charge is 2.18. The van der Waals surface area contributed by atoms with Crippen LogP contribution in [-0.4, -0.2) is 23.4 Å². The molecule has 0 saturated heterocycles. The molecule has 1 atom stereocenters. The zero-order valence-corrected chi connectivity index (χ0v) is 20.7. The molecular weight excluding hydrogens is 456 g/mol. The number of nitrogens with zero attached hydrogens (tertiary/aromatic N) is 3. The van der Waals surface area contributed by atoms with E-state index in [4.69, 9.17) is 14.8 Å². The van der Waals surface area contributed by atoms with E-state index in [1.165, 1.54) is 16.9 Å². The van der Waals surface area contributed by atoms with Crippen LogP contribution in [0.3, 0.4) is 0 Å². The fraction of sp³-hybridized carbons (Fsp3) is 0.179. The maximum absolute atomic E-state index is 11.8. The molecule has 5 rings (SSSR count). The third-order valence-corrected chi connectivity index (χ3v) is 6.79. The second-order valence-electron chi connectivity index (χ2n) is 8.58. The van der Waals surface area contributed by atoms with E-state index in [1.807, 2.05) is 58.7 Å². The summed E-state index contributed by atoms with van der Waals surface area (Å²) in [7, 11) is 0. The number of anilines is 1. The molecule has 0 bridgehead atoms. The maximum Gasteiger partial charge on any atom is 0.262 e. The van der Waals surface area contributed by atoms with Crippen molar-refractivity contribution in [3.8, 4) is 17.0 Å². The fourth-order valence-corrected chi connectivity index (χ4v) is 4.86. The monoisotopic (exact) mass is 482 g/mol. The molecule has 7 heteroatoms. The van der Waals surface area contributed by atoms with E-state index in [-0.39, 0.29) is 18.4 Å². The molecule has 4 aromatic rings. The normalized spacial score (nSPS) is 14.5. The van der Waals surface area contributed by atoms with E-state index in [9.17, 15) is 4.79 Å². The number of benzene rings is 3. The number of ether oxygens (including phenoxy) is 1. The van der Waals surface area contributed by atoms with Crippen LogP contribution in [0.15, 0.2) is 82.2 Å². The van der Waals surface area contributed by atoms with Crippen molar-refractivity contribution >= 4 is 34.8 Å². The number of hydrogen-bond acceptors (Lipinski definition) is 5. The van der Waals surface area contributed by atoms with Crippen molar-refractivity contribution in [2.45, 2.75) is 26.7 Å². The van der Waals surface area contributed by atoms with Gasteiger partial charge >= 0.3 is 0 Å². The lowest BCUT2D eigenvalue weighted by atomic mass is 10.0. The fourth-order valence-electron chi connectivity index (χ4n) is 4.02. The van der Waals surface area contributed by atoms with Crippen LogP contribution in [0, 0.1) is 13.8 Å². The van der Waals surface area contributed by atoms with Crippen LogP contribution in [-0.2, 0) is 4.79 Å². The van der Waals surface area contributed by atoms with Crippen LogP contribution in [0.4, 0.5) is 11.4 Å². The predicted molar refractivity (Wildman–Crippen MR) is 142 cm³/mol. The van der Waals surface area contributed by atoms with Gasteiger partial charge in [0, 0.05) is 23.1 Å². The van der Waals surface area contributed by atoms with Gasteiger partial charge in [-0.15, -0.1) is 11.3 Å². The predicted octanol–water partition coefficient (Wildman–Crippen LogP) is 6.03. The van der Waals surface area contributed by atoms with Crippen molar-refractivity contribution < 1.29 is 9.53 Å². The van der Waals surface area contributed by atoms with E-state index >= 15 is 0 Å². The number of nitrogens with one attached hydrogen (secondary N) is 1. The molecule has 35 heavy (non-hydrogen) atoms. The first-order valence-corrected chi connectivity index (χ1v) is 12.4. The Bertz CT molecular complexity index is 1460. The number of para-hydroxylation sites is 1. The Hall–Kier alpha value is -3.97. The molecule has 2 heterocycles. The lowest BCUT2D eigenvalue weighted by Crippen LogP contribution is -2.25. The Balaban J connectivity index is 1.63. The lowest BCUT2D eigenvalue weighted by Gasteiger charge is -2.18. The highest BCUT2D eigenvalue weighted by molar-refractivity contribution is 7.07. The lowest BCUT2D eigenvalue weighted by molar-refractivity contribution is -0.118. The van der Waals surface area contributed by atoms with Crippen LogP contribution < -0.4 is 14.9 Å². The molecule has 1 aromatic heterocycles. The summed E-state index contributed by atoms with van der Waals surface area (Å²) in [5.41, 5.74) is 6.83. The first-order valence-electron chi connectivity index (χ1n) is 11.5. The molecule has 3 aromatic carbocycles. The molecule has 1 unspecified atom stereocenters. The second-order valence-corrected chi connectivity index (χ2v) is 9.42. The quantitative estimate of drug-likeness (QED) is 0.353. The summed E-state index contributed by atoms with van der Waals surface area (Å²) in [6.45, 7) is 6.29. The van der Waals surface area contributed by atoms with Crippen molar-refractivity contribution in [3.05, 3.63) is 93.6 Å². The summed E-state index contributed by atoms with van der Waals surface area (Å²) in [5, 5.41) is 9.83. The third-order valence-electron chi connectivity index (χ3n) is 5.97. The molecule has 0 fully saturated rings. The number of amides is 1. The van der Waals surface area contributed by atoms with Crippen LogP contribution in [0.1, 0.15) is 29.5 Å². The number of hydrogen-bond donors (Lipinski definition) is 1. The highest BCUT2D eigenvalue weighted by Crippen LogP contribution is 2.33. The van der Waals surface area contributed by atoms with Crippen LogP contribution in [0.5, 0.6) is 5.75 Å². The number of fused-ring (bicyclic) bond motifs is 1. The minimum absolute atomic E-state index is 0.0330. The van der Waals surface area contributed by atoms with Crippen LogP contribution >= 0.6 is 11.3 Å². The minimum Gasteiger partial charge on any atom is -0.482 e. The van der Waals surface area contributed by atoms with Crippen molar-refractivity contribution in [2.24, 2.45) is 10.1 Å². The van der Waals surface area contributed by atoms with Gasteiger partial charge < -0.3 is 10.1 Å². The van der Waals surface area contributed by atoms with Gasteiger partial charge in [0.1, 0.15) is 5.75 Å². The van der Waals surface area contributed by atoms with Crippen molar-refractivity contribution in [3.63, 3.8) is 0 Å². The van der Waals surface area contributed by atoms with Crippen LogP contribution in [0.2, 0.25) is 0 Å². The van der Waals surface area contributed by atoms with Crippen molar-refractivity contribution in [2.75, 3.05) is 11.9 Å². The van der Waals surface area contributed by atoms with Gasteiger partial charge in [-0.1, -0.05) is 55.5 Å². The summed E-state index contributed by atoms with van der Waals surface area (Å²) in [5.74, 6) is 0.630. The molecule has 0 saturated carbocycles. The topological polar surface area (TPSA) is 68.0 Å². The Morgan fingerprint density at radius 2 is 1.83 bits per heavy atom. The molecule has 0 radical (unpaired) electrons. The van der Waals surface area contributed by atoms with E-state index in [1.54, 1.807) is 0 Å². The first kappa shape index (κ1) is 22.8. The second kappa shape index (κ2) is 9.72. The Kier molecular flexibility index (Phi) is 6.33. The molecule has 176 valence electrons. The molecular formula is C28H26N4O2S. The average Bonchev–Trinajstić information content (AvgIpc) is 3.27. The van der Waals surface area contributed by atoms with Crippen molar-refractivity contribution in [1.29, 1.82) is 0 Å². The van der Waals surface area contributed by atoms with Crippen molar-refractivity contribution in [1.82, 2.24) is 4.68 Å². The summed E-state index contributed by atoms with van der Waals surface area (Å²) in [4.78, 5) is 17.6. The maximum atomic E-state index is 11.8. The van der Waals surface area contributed by atoms with Gasteiger partial charge in [-0.2, -0.15) is 5.10 Å². The van der Waals surface area contributed by atoms with E-state index in [0.717, 1.165) is 32.9 Å². The van der Waals surface area contributed by atoms with Gasteiger partial charge in [0.05, 0.1) is 17.1 Å². The molecule has 0 spiro atoms. The smallest absolute Gasteiger partial charge is 0.262 e. The number of aromatic nitrogens is 1. The molecule has 6 nitrogen and oxygen atoms in total. The van der Waals surface area contributed by atoms with Gasteiger partial charge in [0.2, 0.25) is 4.80 Å². The highest BCUT2D eigenvalue weighted by atomic mass is 32.1. The molecule has 1 amide bonds. The molecule has 1 aliphatic heterocycles. The standard InChI is InChI=1S/C28H26N4O2S/c1-18-8-7-9-19(2)27(18)31-28-32(29-15-20(3)21-10-5-4-6-11-21)24(17-35-28)22-12-13-25-23(14-22)30-26(33)16-34-25/h4-15,17,20H,16H2,1-3H3,(H,30,33). The van der Waals surface area contributed by atoms with Gasteiger partial charge in [0.15, 0.2) is 6.61 Å². The van der Waals surface area contributed by atoms with E-state index < -0.39 is 0 Å². The van der Waals surface area contributed by atoms with Gasteiger partial charge in [-0.25, -0.2) is 9.67 Å². The Labute approximate surface area is 208 Å². The Morgan fingerprint density at radius 3 is 2.60 bits per heavy atom. The number of thiazole rings is 1. The number of carbonyl (C=O) groups excluding carboxylic acids is 1. The zero-order chi connectivity index (χ0) is 24.4. The molecule has 0 aliphatic carbocycles. The number of aryl methyl sites for hydroxylation is 2. The zero-order valence-electron chi connectivity index (χ0n) is 19.9. The summed E-state index contributed by atoms with van der Waals surface area (Å²) < 4.78 is 7.41. The summed E-state index contributed by atoms with van der Waals surface area (Å²) in [6.07, 6.45) is 1.94.